The Kier molecular flexibility index (Phi) is 17.2. The van der Waals surface area contributed by atoms with E-state index in [0.29, 0.717) is 48.9 Å². The molecule has 6 rings (SSSR count). The summed E-state index contributed by atoms with van der Waals surface area (Å²) in [6.07, 6.45) is -0.877. The number of hydrogen-bond donors (Lipinski definition) is 8. The molecular formula is C52H64N6O14. The van der Waals surface area contributed by atoms with Crippen molar-refractivity contribution in [2.75, 3.05) is 24.2 Å². The normalized spacial score (nSPS) is 15.1. The first-order chi connectivity index (χ1) is 34.0. The Labute approximate surface area is 416 Å². The molecule has 0 saturated heterocycles. The van der Waals surface area contributed by atoms with Gasteiger partial charge < -0.3 is 61.8 Å². The van der Waals surface area contributed by atoms with E-state index >= 15 is 0 Å². The number of esters is 2. The average molecular weight is 997 g/mol. The van der Waals surface area contributed by atoms with Crippen LogP contribution in [-0.4, -0.2) is 82.0 Å². The van der Waals surface area contributed by atoms with Crippen molar-refractivity contribution in [2.24, 2.45) is 34.8 Å². The lowest BCUT2D eigenvalue weighted by Gasteiger charge is -2.30. The van der Waals surface area contributed by atoms with Gasteiger partial charge in [0.05, 0.1) is 13.2 Å². The summed E-state index contributed by atoms with van der Waals surface area (Å²) in [5.41, 5.74) is 31.5. The van der Waals surface area contributed by atoms with E-state index in [1.807, 2.05) is 26.0 Å². The first-order valence-electron chi connectivity index (χ1n) is 23.7. The molecule has 20 heteroatoms. The van der Waals surface area contributed by atoms with Gasteiger partial charge in [0.2, 0.25) is 0 Å². The standard InChI is InChI=1S/C52H64N6O14/c1-27(2)25-51(55,49(65)69-41-23-33(59)11-9-31(41)21-37(53)47(63)71-57-39-13-7-29(5)35-17-19-67-45(35)39)43(61)15-16-44(62)52(56,26-28(3)4)50(66)70-42-24-34(60)12-10-32(42)22-38(54)48(64)72-58-40-14-8-30(6)36-18-20-68-46(36)40/h7-14,23-24,27-28,37-38,57-60H,15-22,25-26,53-56H2,1-6H3. The van der Waals surface area contributed by atoms with E-state index in [1.165, 1.54) is 24.3 Å². The number of carbonyl (C=O) groups excluding carboxylic acids is 6. The van der Waals surface area contributed by atoms with Gasteiger partial charge in [0, 0.05) is 61.8 Å². The second kappa shape index (κ2) is 22.9. The van der Waals surface area contributed by atoms with Gasteiger partial charge in [-0.15, -0.1) is 0 Å². The Bertz CT molecular complexity index is 2540. The molecule has 72 heavy (non-hydrogen) atoms. The Balaban J connectivity index is 1.11. The summed E-state index contributed by atoms with van der Waals surface area (Å²) in [5, 5.41) is 20.8. The first kappa shape index (κ1) is 54.1. The topological polar surface area (TPSA) is 326 Å². The molecule has 4 aromatic rings. The Morgan fingerprint density at radius 1 is 0.611 bits per heavy atom. The summed E-state index contributed by atoms with van der Waals surface area (Å²) in [4.78, 5) is 93.0. The summed E-state index contributed by atoms with van der Waals surface area (Å²) in [5.74, 6) is -6.74. The monoisotopic (exact) mass is 996 g/mol. The van der Waals surface area contributed by atoms with Gasteiger partial charge in [-0.05, 0) is 85.0 Å². The number of aromatic hydroxyl groups is 2. The summed E-state index contributed by atoms with van der Waals surface area (Å²) < 4.78 is 22.8. The van der Waals surface area contributed by atoms with Crippen molar-refractivity contribution in [3.63, 3.8) is 0 Å². The maximum Gasteiger partial charge on any atom is 0.348 e. The number of ketones is 2. The van der Waals surface area contributed by atoms with Crippen molar-refractivity contribution in [3.05, 3.63) is 94.0 Å². The van der Waals surface area contributed by atoms with Crippen LogP contribution in [0.25, 0.3) is 0 Å². The minimum absolute atomic E-state index is 0.185. The lowest BCUT2D eigenvalue weighted by Crippen LogP contribution is -2.59. The number of phenols is 2. The zero-order valence-electron chi connectivity index (χ0n) is 41.3. The number of nitrogens with one attached hydrogen (secondary N) is 2. The summed E-state index contributed by atoms with van der Waals surface area (Å²) >= 11 is 0. The van der Waals surface area contributed by atoms with Crippen LogP contribution in [0.15, 0.2) is 60.7 Å². The van der Waals surface area contributed by atoms with Crippen LogP contribution in [-0.2, 0) is 64.1 Å². The quantitative estimate of drug-likeness (QED) is 0.0221. The first-order valence-corrected chi connectivity index (χ1v) is 23.7. The van der Waals surface area contributed by atoms with E-state index in [2.05, 4.69) is 11.0 Å². The van der Waals surface area contributed by atoms with Crippen molar-refractivity contribution >= 4 is 46.8 Å². The molecule has 2 heterocycles. The van der Waals surface area contributed by atoms with E-state index in [-0.39, 0.29) is 71.6 Å². The molecule has 2 aliphatic rings. The van der Waals surface area contributed by atoms with Crippen LogP contribution in [0, 0.1) is 25.7 Å². The lowest BCUT2D eigenvalue weighted by atomic mass is 9.80. The predicted molar refractivity (Wildman–Crippen MR) is 263 cm³/mol. The zero-order chi connectivity index (χ0) is 52.7. The van der Waals surface area contributed by atoms with Gasteiger partial charge in [0.15, 0.2) is 22.6 Å². The molecule has 4 aromatic carbocycles. The second-order valence-electron chi connectivity index (χ2n) is 19.2. The fourth-order valence-corrected chi connectivity index (χ4v) is 8.66. The average Bonchev–Trinajstić information content (AvgIpc) is 4.04. The molecule has 20 nitrogen and oxygen atoms in total. The third-order valence-corrected chi connectivity index (χ3v) is 12.5. The minimum atomic E-state index is -2.35. The summed E-state index contributed by atoms with van der Waals surface area (Å²) in [6.45, 7) is 11.7. The number of fused-ring (bicyclic) bond motifs is 2. The largest absolute Gasteiger partial charge is 0.508 e. The summed E-state index contributed by atoms with van der Waals surface area (Å²) in [7, 11) is 0. The Morgan fingerprint density at radius 2 is 0.986 bits per heavy atom. The van der Waals surface area contributed by atoms with Crippen LogP contribution in [0.1, 0.15) is 86.8 Å². The van der Waals surface area contributed by atoms with Crippen molar-refractivity contribution in [1.29, 1.82) is 0 Å². The number of Topliss-reactive ketones (excluding diaryl/α,β-unsaturated/α-hetero) is 2. The highest BCUT2D eigenvalue weighted by Crippen LogP contribution is 2.38. The van der Waals surface area contributed by atoms with E-state index in [1.54, 1.807) is 39.8 Å². The number of hydrogen-bond acceptors (Lipinski definition) is 20. The summed E-state index contributed by atoms with van der Waals surface area (Å²) in [6, 6.07) is 12.1. The fraction of sp³-hybridized carbons (Fsp3) is 0.423. The molecule has 0 amide bonds. The molecule has 4 unspecified atom stereocenters. The molecule has 0 aromatic heterocycles. The van der Waals surface area contributed by atoms with Crippen LogP contribution in [0.4, 0.5) is 11.4 Å². The van der Waals surface area contributed by atoms with Crippen molar-refractivity contribution in [2.45, 2.75) is 116 Å². The van der Waals surface area contributed by atoms with E-state index < -0.39 is 71.4 Å². The van der Waals surface area contributed by atoms with Gasteiger partial charge >= 0.3 is 23.9 Å². The maximum absolute atomic E-state index is 14.1. The van der Waals surface area contributed by atoms with Crippen molar-refractivity contribution < 1.29 is 67.6 Å². The second-order valence-corrected chi connectivity index (χ2v) is 19.2. The van der Waals surface area contributed by atoms with Crippen LogP contribution in [0.2, 0.25) is 0 Å². The number of phenolic OH excluding ortho intramolecular Hbond substituents is 2. The number of rotatable bonds is 23. The van der Waals surface area contributed by atoms with Crippen molar-refractivity contribution in [1.82, 2.24) is 0 Å². The van der Waals surface area contributed by atoms with Crippen LogP contribution in [0.3, 0.4) is 0 Å². The molecule has 0 spiro atoms. The van der Waals surface area contributed by atoms with Crippen molar-refractivity contribution in [3.8, 4) is 34.5 Å². The highest BCUT2D eigenvalue weighted by Gasteiger charge is 2.47. The molecule has 0 saturated carbocycles. The van der Waals surface area contributed by atoms with Gasteiger partial charge in [-0.1, -0.05) is 52.0 Å². The van der Waals surface area contributed by atoms with Crippen LogP contribution >= 0.6 is 0 Å². The Hall–Kier alpha value is -7.26. The van der Waals surface area contributed by atoms with Gasteiger partial charge in [0.1, 0.15) is 58.0 Å². The van der Waals surface area contributed by atoms with Crippen LogP contribution < -0.4 is 52.8 Å². The fourth-order valence-electron chi connectivity index (χ4n) is 8.66. The predicted octanol–water partition coefficient (Wildman–Crippen LogP) is 4.38. The highest BCUT2D eigenvalue weighted by molar-refractivity contribution is 6.13. The lowest BCUT2D eigenvalue weighted by molar-refractivity contribution is -0.150. The minimum Gasteiger partial charge on any atom is -0.508 e. The molecule has 12 N–H and O–H groups in total. The number of carbonyl (C=O) groups is 6. The number of nitrogens with two attached hydrogens (primary N) is 4. The maximum atomic E-state index is 14.1. The number of benzene rings is 4. The molecule has 4 atom stereocenters. The SMILES string of the molecule is Cc1ccc(NOC(=O)C(N)Cc2ccc(O)cc2OC(=O)C(N)(CC(C)C)C(=O)CCC(=O)C(N)(CC(C)C)C(=O)Oc2cc(O)ccc2CC(N)C(=O)ONc2ccc(C)c3c2OCC3)c2c1CCO2. The third kappa shape index (κ3) is 12.6. The van der Waals surface area contributed by atoms with Gasteiger partial charge in [-0.25, -0.2) is 30.1 Å². The van der Waals surface area contributed by atoms with Gasteiger partial charge in [0.25, 0.3) is 0 Å². The van der Waals surface area contributed by atoms with Gasteiger partial charge in [-0.3, -0.25) is 9.59 Å². The number of anilines is 2. The van der Waals surface area contributed by atoms with E-state index in [4.69, 9.17) is 51.6 Å². The highest BCUT2D eigenvalue weighted by atomic mass is 16.7. The molecular weight excluding hydrogens is 933 g/mol. The van der Waals surface area contributed by atoms with Gasteiger partial charge in [-0.2, -0.15) is 0 Å². The number of ether oxygens (including phenoxy) is 4. The molecule has 0 fully saturated rings. The molecule has 386 valence electrons. The van der Waals surface area contributed by atoms with E-state index in [0.717, 1.165) is 34.4 Å². The van der Waals surface area contributed by atoms with E-state index in [9.17, 15) is 39.0 Å². The van der Waals surface area contributed by atoms with Crippen LogP contribution in [0.5, 0.6) is 34.5 Å². The molecule has 0 radical (unpaired) electrons. The zero-order valence-corrected chi connectivity index (χ0v) is 41.3. The number of aryl methyl sites for hydroxylation is 2. The molecule has 2 aliphatic heterocycles. The molecule has 0 aliphatic carbocycles. The molecule has 0 bridgehead atoms. The smallest absolute Gasteiger partial charge is 0.348 e. The third-order valence-electron chi connectivity index (χ3n) is 12.5. The Morgan fingerprint density at radius 3 is 1.35 bits per heavy atom.